The van der Waals surface area contributed by atoms with Crippen molar-refractivity contribution in [1.29, 1.82) is 0 Å². The van der Waals surface area contributed by atoms with Gasteiger partial charge in [-0.3, -0.25) is 0 Å². The highest BCUT2D eigenvalue weighted by atomic mass is 14.9. The van der Waals surface area contributed by atoms with Crippen LogP contribution < -0.4 is 4.57 Å². The van der Waals surface area contributed by atoms with E-state index in [-0.39, 0.29) is 0 Å². The second kappa shape index (κ2) is 14.3. The van der Waals surface area contributed by atoms with Gasteiger partial charge in [-0.25, -0.2) is 14.5 Å². The molecular formula is C16H28N3+. The molecule has 0 spiro atoms. The van der Waals surface area contributed by atoms with Crippen LogP contribution in [0.5, 0.6) is 0 Å². The van der Waals surface area contributed by atoms with E-state index in [9.17, 15) is 0 Å². The number of hydrogen-bond acceptors (Lipinski definition) is 2. The molecule has 0 fully saturated rings. The Bertz CT molecular complexity index is 379. The molecular weight excluding hydrogens is 234 g/mol. The largest absolute Gasteiger partial charge is 0.242 e. The van der Waals surface area contributed by atoms with Crippen LogP contribution in [0.3, 0.4) is 0 Å². The lowest BCUT2D eigenvalue weighted by molar-refractivity contribution is -0.677. The van der Waals surface area contributed by atoms with E-state index in [1.54, 1.807) is 18.5 Å². The first kappa shape index (κ1) is 19.6. The zero-order valence-electron chi connectivity index (χ0n) is 13.4. The molecule has 3 heteroatoms. The topological polar surface area (TPSA) is 29.7 Å². The van der Waals surface area contributed by atoms with Crippen molar-refractivity contribution < 1.29 is 4.57 Å². The van der Waals surface area contributed by atoms with Crippen molar-refractivity contribution in [1.82, 2.24) is 9.97 Å². The van der Waals surface area contributed by atoms with Gasteiger partial charge in [0.15, 0.2) is 11.9 Å². The quantitative estimate of drug-likeness (QED) is 0.678. The highest BCUT2D eigenvalue weighted by molar-refractivity contribution is 4.93. The molecule has 0 radical (unpaired) electrons. The van der Waals surface area contributed by atoms with E-state index < -0.39 is 0 Å². The standard InChI is InChI=1S/C7H10N.C5H6N2.2C2H6/c1-7-5-3-4-6-8(7)2;1-5-6-3-2-4-7-5;2*1-2/h3-6H,1-2H3;2-4H,1H3;2*1-2H3/q+1;;;. The molecule has 0 unspecified atom stereocenters. The van der Waals surface area contributed by atoms with Crippen molar-refractivity contribution in [2.75, 3.05) is 0 Å². The van der Waals surface area contributed by atoms with Crippen molar-refractivity contribution in [3.8, 4) is 0 Å². The predicted molar refractivity (Wildman–Crippen MR) is 81.8 cm³/mol. The van der Waals surface area contributed by atoms with Gasteiger partial charge in [0.1, 0.15) is 12.9 Å². The maximum absolute atomic E-state index is 3.87. The number of pyridine rings is 1. The molecule has 0 N–H and O–H groups in total. The Morgan fingerprint density at radius 2 is 1.37 bits per heavy atom. The summed E-state index contributed by atoms with van der Waals surface area (Å²) < 4.78 is 2.08. The average Bonchev–Trinajstić information content (AvgIpc) is 2.48. The van der Waals surface area contributed by atoms with Crippen molar-refractivity contribution in [3.05, 3.63) is 54.4 Å². The van der Waals surface area contributed by atoms with E-state index in [1.165, 1.54) is 5.69 Å². The second-order valence-corrected chi connectivity index (χ2v) is 3.25. The van der Waals surface area contributed by atoms with Crippen molar-refractivity contribution in [2.24, 2.45) is 7.05 Å². The molecule has 19 heavy (non-hydrogen) atoms. The van der Waals surface area contributed by atoms with Gasteiger partial charge in [-0.05, 0) is 13.0 Å². The average molecular weight is 262 g/mol. The molecule has 0 saturated heterocycles. The molecule has 3 nitrogen and oxygen atoms in total. The number of nitrogens with zero attached hydrogens (tertiary/aromatic N) is 3. The Balaban J connectivity index is 0. The molecule has 0 atom stereocenters. The zero-order valence-corrected chi connectivity index (χ0v) is 13.4. The third-order valence-electron chi connectivity index (χ3n) is 2.01. The third-order valence-corrected chi connectivity index (χ3v) is 2.01. The van der Waals surface area contributed by atoms with Crippen LogP contribution in [0.2, 0.25) is 0 Å². The summed E-state index contributed by atoms with van der Waals surface area (Å²) >= 11 is 0. The normalized spacial score (nSPS) is 7.74. The maximum Gasteiger partial charge on any atom is 0.177 e. The van der Waals surface area contributed by atoms with Crippen LogP contribution in [0.1, 0.15) is 39.2 Å². The lowest BCUT2D eigenvalue weighted by Gasteiger charge is -1.87. The summed E-state index contributed by atoms with van der Waals surface area (Å²) in [7, 11) is 2.04. The van der Waals surface area contributed by atoms with Gasteiger partial charge in [0.05, 0.1) is 0 Å². The molecule has 0 aliphatic carbocycles. The van der Waals surface area contributed by atoms with Gasteiger partial charge < -0.3 is 0 Å². The number of rotatable bonds is 0. The van der Waals surface area contributed by atoms with E-state index >= 15 is 0 Å². The molecule has 0 aliphatic rings. The Labute approximate surface area is 118 Å². The van der Waals surface area contributed by atoms with Gasteiger partial charge in [0.25, 0.3) is 0 Å². The van der Waals surface area contributed by atoms with Gasteiger partial charge in [0, 0.05) is 31.5 Å². The summed E-state index contributed by atoms with van der Waals surface area (Å²) in [6.45, 7) is 11.9. The summed E-state index contributed by atoms with van der Waals surface area (Å²) in [4.78, 5) is 7.74. The number of aryl methyl sites for hydroxylation is 3. The highest BCUT2D eigenvalue weighted by Gasteiger charge is 1.91. The minimum atomic E-state index is 0.822. The monoisotopic (exact) mass is 262 g/mol. The van der Waals surface area contributed by atoms with E-state index in [1.807, 2.05) is 60.0 Å². The summed E-state index contributed by atoms with van der Waals surface area (Å²) in [5, 5.41) is 0. The first-order valence-corrected chi connectivity index (χ1v) is 6.85. The number of aromatic nitrogens is 3. The fourth-order valence-corrected chi connectivity index (χ4v) is 0.982. The summed E-state index contributed by atoms with van der Waals surface area (Å²) in [6.07, 6.45) is 5.49. The summed E-state index contributed by atoms with van der Waals surface area (Å²) in [5.74, 6) is 0.822. The highest BCUT2D eigenvalue weighted by Crippen LogP contribution is 1.83. The van der Waals surface area contributed by atoms with Crippen LogP contribution in [-0.2, 0) is 7.05 Å². The molecule has 0 bridgehead atoms. The molecule has 0 aromatic carbocycles. The smallest absolute Gasteiger partial charge is 0.177 e. The van der Waals surface area contributed by atoms with E-state index in [4.69, 9.17) is 0 Å². The molecule has 2 rings (SSSR count). The Hall–Kier alpha value is -1.77. The number of hydrogen-bond donors (Lipinski definition) is 0. The van der Waals surface area contributed by atoms with Crippen LogP contribution >= 0.6 is 0 Å². The maximum atomic E-state index is 3.87. The molecule has 0 amide bonds. The summed E-state index contributed by atoms with van der Waals surface area (Å²) in [6, 6.07) is 7.94. The fraction of sp³-hybridized carbons (Fsp3) is 0.438. The minimum absolute atomic E-state index is 0.822. The zero-order chi connectivity index (χ0) is 15.1. The summed E-state index contributed by atoms with van der Waals surface area (Å²) in [5.41, 5.74) is 1.28. The molecule has 2 aromatic rings. The predicted octanol–water partition coefficient (Wildman–Crippen LogP) is 3.66. The second-order valence-electron chi connectivity index (χ2n) is 3.25. The lowest BCUT2D eigenvalue weighted by atomic mass is 10.4. The third kappa shape index (κ3) is 11.1. The van der Waals surface area contributed by atoms with Crippen LogP contribution in [0, 0.1) is 13.8 Å². The first-order chi connectivity index (χ1) is 9.20. The molecule has 2 heterocycles. The fourth-order valence-electron chi connectivity index (χ4n) is 0.982. The minimum Gasteiger partial charge on any atom is -0.242 e. The van der Waals surface area contributed by atoms with E-state index in [0.29, 0.717) is 0 Å². The van der Waals surface area contributed by atoms with E-state index in [2.05, 4.69) is 27.5 Å². The van der Waals surface area contributed by atoms with Crippen LogP contribution in [0.15, 0.2) is 42.9 Å². The van der Waals surface area contributed by atoms with Crippen LogP contribution in [-0.4, -0.2) is 9.97 Å². The SMILES string of the molecule is CC.CC.Cc1cccc[n+]1C.Cc1ncccn1. The van der Waals surface area contributed by atoms with Gasteiger partial charge in [-0.15, -0.1) is 0 Å². The van der Waals surface area contributed by atoms with Crippen molar-refractivity contribution in [3.63, 3.8) is 0 Å². The molecule has 2 aromatic heterocycles. The lowest BCUT2D eigenvalue weighted by Crippen LogP contribution is -2.30. The molecule has 106 valence electrons. The Kier molecular flexibility index (Phi) is 14.7. The Morgan fingerprint density at radius 3 is 1.63 bits per heavy atom. The molecule has 0 aliphatic heterocycles. The Morgan fingerprint density at radius 1 is 0.842 bits per heavy atom. The van der Waals surface area contributed by atoms with Gasteiger partial charge >= 0.3 is 0 Å². The van der Waals surface area contributed by atoms with Crippen molar-refractivity contribution in [2.45, 2.75) is 41.5 Å². The van der Waals surface area contributed by atoms with Gasteiger partial charge in [-0.1, -0.05) is 33.8 Å². The van der Waals surface area contributed by atoms with Gasteiger partial charge in [-0.2, -0.15) is 0 Å². The first-order valence-electron chi connectivity index (χ1n) is 6.85. The van der Waals surface area contributed by atoms with Gasteiger partial charge in [0.2, 0.25) is 0 Å². The molecule has 0 saturated carbocycles. The van der Waals surface area contributed by atoms with Crippen molar-refractivity contribution >= 4 is 0 Å². The van der Waals surface area contributed by atoms with E-state index in [0.717, 1.165) is 5.82 Å². The van der Waals surface area contributed by atoms with Crippen LogP contribution in [0.4, 0.5) is 0 Å². The van der Waals surface area contributed by atoms with Crippen LogP contribution in [0.25, 0.3) is 0 Å².